The second-order valence-electron chi connectivity index (χ2n) is 7.10. The molecule has 0 aliphatic heterocycles. The second-order valence-corrected chi connectivity index (χ2v) is 10.1. The highest BCUT2D eigenvalue weighted by Crippen LogP contribution is 2.36. The molecule has 0 N–H and O–H groups in total. The largest absolute Gasteiger partial charge is 0.455 e. The van der Waals surface area contributed by atoms with Crippen molar-refractivity contribution in [3.8, 4) is 0 Å². The molecule has 0 saturated heterocycles. The number of benzene rings is 2. The van der Waals surface area contributed by atoms with Crippen molar-refractivity contribution in [3.63, 3.8) is 0 Å². The number of hydrogen-bond acceptors (Lipinski definition) is 2. The van der Waals surface area contributed by atoms with Crippen molar-refractivity contribution in [1.29, 1.82) is 0 Å². The van der Waals surface area contributed by atoms with E-state index >= 15 is 0 Å². The Morgan fingerprint density at radius 3 is 1.67 bits per heavy atom. The van der Waals surface area contributed by atoms with Crippen LogP contribution in [0.2, 0.25) is 0 Å². The first-order chi connectivity index (χ1) is 14.2. The van der Waals surface area contributed by atoms with Gasteiger partial charge >= 0.3 is 20.7 Å². The molecule has 166 valence electrons. The van der Waals surface area contributed by atoms with Crippen LogP contribution >= 0.6 is 0 Å². The normalized spacial score (nSPS) is 12.9. The summed E-state index contributed by atoms with van der Waals surface area (Å²) in [5.41, 5.74) is 0. The molecule has 0 saturated carbocycles. The third-order valence-corrected chi connectivity index (χ3v) is 8.08. The summed E-state index contributed by atoms with van der Waals surface area (Å²) in [7, 11) is -3.78. The van der Waals surface area contributed by atoms with E-state index < -0.39 is 27.3 Å². The molecule has 0 radical (unpaired) electrons. The number of unbranched alkanes of at least 4 members (excludes halogenated alkanes) is 4. The molecule has 0 bridgehead atoms. The van der Waals surface area contributed by atoms with Crippen molar-refractivity contribution in [3.05, 3.63) is 60.7 Å². The Kier molecular flexibility index (Phi) is 9.00. The third-order valence-electron chi connectivity index (χ3n) is 4.73. The van der Waals surface area contributed by atoms with E-state index in [2.05, 4.69) is 6.92 Å². The SMILES string of the molecule is CCCCCCCO[Si](OCC(F)(F)C(F)(F)F)(c1ccccc1)c1ccccc1. The van der Waals surface area contributed by atoms with E-state index in [1.165, 1.54) is 0 Å². The molecule has 2 nitrogen and oxygen atoms in total. The Morgan fingerprint density at radius 2 is 1.20 bits per heavy atom. The van der Waals surface area contributed by atoms with Crippen LogP contribution in [0.15, 0.2) is 60.7 Å². The molecule has 0 spiro atoms. The average Bonchev–Trinajstić information content (AvgIpc) is 2.73. The molecule has 2 rings (SSSR count). The second kappa shape index (κ2) is 11.0. The van der Waals surface area contributed by atoms with E-state index in [0.717, 1.165) is 25.7 Å². The summed E-state index contributed by atoms with van der Waals surface area (Å²) in [6.45, 7) is 0.521. The smallest absolute Gasteiger partial charge is 0.388 e. The fraction of sp³-hybridized carbons (Fsp3) is 0.455. The Morgan fingerprint density at radius 1 is 0.700 bits per heavy atom. The quantitative estimate of drug-likeness (QED) is 0.245. The highest BCUT2D eigenvalue weighted by molar-refractivity contribution is 6.92. The maximum Gasteiger partial charge on any atom is 0.455 e. The molecule has 8 heteroatoms. The monoisotopic (exact) mass is 446 g/mol. The molecule has 30 heavy (non-hydrogen) atoms. The van der Waals surface area contributed by atoms with Crippen LogP contribution in [0.5, 0.6) is 0 Å². The van der Waals surface area contributed by atoms with E-state index in [-0.39, 0.29) is 6.61 Å². The molecule has 2 aromatic carbocycles. The summed E-state index contributed by atoms with van der Waals surface area (Å²) in [5, 5.41) is 0.977. The molecule has 0 aliphatic carbocycles. The summed E-state index contributed by atoms with van der Waals surface area (Å²) in [4.78, 5) is 0. The van der Waals surface area contributed by atoms with Crippen molar-refractivity contribution in [1.82, 2.24) is 0 Å². The van der Waals surface area contributed by atoms with Gasteiger partial charge in [-0.05, 0) is 16.8 Å². The molecule has 0 aliphatic rings. The van der Waals surface area contributed by atoms with Gasteiger partial charge in [-0.3, -0.25) is 0 Å². The number of hydrogen-bond donors (Lipinski definition) is 0. The van der Waals surface area contributed by atoms with Crippen LogP contribution in [0.25, 0.3) is 0 Å². The first-order valence-electron chi connectivity index (χ1n) is 10.1. The van der Waals surface area contributed by atoms with Gasteiger partial charge in [0.2, 0.25) is 0 Å². The van der Waals surface area contributed by atoms with Crippen LogP contribution in [0.3, 0.4) is 0 Å². The number of halogens is 5. The summed E-state index contributed by atoms with van der Waals surface area (Å²) < 4.78 is 77.4. The minimum atomic E-state index is -5.69. The van der Waals surface area contributed by atoms with Gasteiger partial charge < -0.3 is 8.85 Å². The zero-order chi connectivity index (χ0) is 22.1. The summed E-state index contributed by atoms with van der Waals surface area (Å²) >= 11 is 0. The zero-order valence-corrected chi connectivity index (χ0v) is 17.9. The first kappa shape index (κ1) is 24.5. The van der Waals surface area contributed by atoms with E-state index in [0.29, 0.717) is 16.8 Å². The lowest BCUT2D eigenvalue weighted by molar-refractivity contribution is -0.291. The summed E-state index contributed by atoms with van der Waals surface area (Å²) in [5.74, 6) is -4.97. The highest BCUT2D eigenvalue weighted by atomic mass is 28.4. The molecule has 0 amide bonds. The molecule has 0 atom stereocenters. The van der Waals surface area contributed by atoms with Gasteiger partial charge in [-0.1, -0.05) is 93.3 Å². The predicted molar refractivity (Wildman–Crippen MR) is 110 cm³/mol. The van der Waals surface area contributed by atoms with Gasteiger partial charge in [0.05, 0.1) is 0 Å². The Balaban J connectivity index is 2.35. The topological polar surface area (TPSA) is 18.5 Å². The standard InChI is InChI=1S/C22H27F5O2Si/c1-2-3-4-5-12-17-28-30(19-13-8-6-9-14-19,20-15-10-7-11-16-20)29-18-21(23,24)22(25,26)27/h6-11,13-16H,2-5,12,17-18H2,1H3. The van der Waals surface area contributed by atoms with E-state index in [4.69, 9.17) is 8.85 Å². The lowest BCUT2D eigenvalue weighted by Gasteiger charge is -2.33. The van der Waals surface area contributed by atoms with Crippen LogP contribution in [-0.4, -0.2) is 33.9 Å². The van der Waals surface area contributed by atoms with E-state index in [9.17, 15) is 22.0 Å². The van der Waals surface area contributed by atoms with E-state index in [1.807, 2.05) is 0 Å². The van der Waals surface area contributed by atoms with Gasteiger partial charge in [0, 0.05) is 6.61 Å². The molecule has 0 fully saturated rings. The lowest BCUT2D eigenvalue weighted by atomic mass is 10.2. The maximum atomic E-state index is 13.7. The fourth-order valence-corrected chi connectivity index (χ4v) is 6.21. The first-order valence-corrected chi connectivity index (χ1v) is 11.9. The van der Waals surface area contributed by atoms with Gasteiger partial charge in [-0.2, -0.15) is 22.0 Å². The van der Waals surface area contributed by atoms with Gasteiger partial charge in [-0.15, -0.1) is 0 Å². The zero-order valence-electron chi connectivity index (χ0n) is 16.9. The number of rotatable bonds is 12. The van der Waals surface area contributed by atoms with Crippen LogP contribution in [0.4, 0.5) is 22.0 Å². The minimum Gasteiger partial charge on any atom is -0.388 e. The number of alkyl halides is 5. The Labute approximate surface area is 175 Å². The summed E-state index contributed by atoms with van der Waals surface area (Å²) in [6, 6.07) is 16.9. The van der Waals surface area contributed by atoms with Crippen LogP contribution in [0, 0.1) is 0 Å². The summed E-state index contributed by atoms with van der Waals surface area (Å²) in [6.07, 6.45) is -0.968. The molecular weight excluding hydrogens is 419 g/mol. The van der Waals surface area contributed by atoms with Gasteiger partial charge in [0.15, 0.2) is 0 Å². The van der Waals surface area contributed by atoms with E-state index in [1.54, 1.807) is 60.7 Å². The van der Waals surface area contributed by atoms with Gasteiger partial charge in [-0.25, -0.2) is 0 Å². The van der Waals surface area contributed by atoms with Crippen molar-refractivity contribution in [2.45, 2.75) is 51.1 Å². The predicted octanol–water partition coefficient (Wildman–Crippen LogP) is 5.44. The maximum absolute atomic E-state index is 13.7. The van der Waals surface area contributed by atoms with Crippen molar-refractivity contribution >= 4 is 18.9 Å². The Bertz CT molecular complexity index is 699. The molecule has 0 heterocycles. The van der Waals surface area contributed by atoms with Crippen LogP contribution in [0.1, 0.15) is 39.0 Å². The Hall–Kier alpha value is -1.77. The van der Waals surface area contributed by atoms with Crippen molar-refractivity contribution in [2.24, 2.45) is 0 Å². The molecular formula is C22H27F5O2Si. The minimum absolute atomic E-state index is 0.220. The van der Waals surface area contributed by atoms with Crippen LogP contribution < -0.4 is 10.4 Å². The van der Waals surface area contributed by atoms with Crippen molar-refractivity contribution < 1.29 is 30.8 Å². The third kappa shape index (κ3) is 6.36. The molecule has 0 unspecified atom stereocenters. The fourth-order valence-electron chi connectivity index (χ4n) is 3.05. The van der Waals surface area contributed by atoms with Gasteiger partial charge in [0.25, 0.3) is 0 Å². The van der Waals surface area contributed by atoms with Crippen molar-refractivity contribution in [2.75, 3.05) is 13.2 Å². The lowest BCUT2D eigenvalue weighted by Crippen LogP contribution is -2.65. The van der Waals surface area contributed by atoms with Crippen LogP contribution in [-0.2, 0) is 8.85 Å². The molecule has 0 aromatic heterocycles. The van der Waals surface area contributed by atoms with Gasteiger partial charge in [0.1, 0.15) is 6.61 Å². The average molecular weight is 447 g/mol. The molecule has 2 aromatic rings. The highest BCUT2D eigenvalue weighted by Gasteiger charge is 2.59.